The van der Waals surface area contributed by atoms with E-state index in [1.807, 2.05) is 37.3 Å². The van der Waals surface area contributed by atoms with E-state index in [-0.39, 0.29) is 6.10 Å². The van der Waals surface area contributed by atoms with Crippen LogP contribution in [0.4, 0.5) is 0 Å². The Labute approximate surface area is 175 Å². The molecule has 0 bridgehead atoms. The number of benzene rings is 2. The molecule has 0 aliphatic carbocycles. The van der Waals surface area contributed by atoms with Crippen molar-refractivity contribution in [2.75, 3.05) is 13.2 Å². The third-order valence-corrected chi connectivity index (χ3v) is 6.32. The normalized spacial score (nSPS) is 28.5. The highest BCUT2D eigenvalue weighted by atomic mass is 35.5. The molecule has 1 fully saturated rings. The molecule has 3 atom stereocenters. The molecule has 2 aromatic carbocycles. The second-order valence-corrected chi connectivity index (χ2v) is 8.51. The zero-order valence-corrected chi connectivity index (χ0v) is 17.2. The van der Waals surface area contributed by atoms with Crippen LogP contribution < -0.4 is 10.5 Å². The lowest BCUT2D eigenvalue weighted by molar-refractivity contribution is -0.0166. The largest absolute Gasteiger partial charge is 0.489 e. The first-order chi connectivity index (χ1) is 14.0. The molecule has 0 saturated carbocycles. The lowest BCUT2D eigenvalue weighted by atomic mass is 9.83. The number of halogens is 1. The summed E-state index contributed by atoms with van der Waals surface area (Å²) in [5, 5.41) is 0.709. The fraction of sp³-hybridized carbons (Fsp3) is 0.391. The van der Waals surface area contributed by atoms with Crippen molar-refractivity contribution in [2.24, 2.45) is 21.6 Å². The van der Waals surface area contributed by atoms with E-state index in [0.29, 0.717) is 23.2 Å². The second kappa shape index (κ2) is 7.15. The fourth-order valence-corrected chi connectivity index (χ4v) is 4.75. The van der Waals surface area contributed by atoms with E-state index in [9.17, 15) is 0 Å². The van der Waals surface area contributed by atoms with Gasteiger partial charge in [0.05, 0.1) is 12.3 Å². The van der Waals surface area contributed by atoms with Gasteiger partial charge in [0.15, 0.2) is 5.66 Å². The Morgan fingerprint density at radius 3 is 2.72 bits per heavy atom. The summed E-state index contributed by atoms with van der Waals surface area (Å²) in [5.41, 5.74) is 9.30. The number of hydrogen-bond donors (Lipinski definition) is 1. The van der Waals surface area contributed by atoms with Crippen molar-refractivity contribution in [3.05, 3.63) is 53.1 Å². The van der Waals surface area contributed by atoms with Gasteiger partial charge in [-0.1, -0.05) is 29.8 Å². The third-order valence-electron chi connectivity index (χ3n) is 6.08. The zero-order valence-electron chi connectivity index (χ0n) is 16.4. The van der Waals surface area contributed by atoms with E-state index in [0.717, 1.165) is 54.2 Å². The molecule has 3 aliphatic heterocycles. The molecule has 29 heavy (non-hydrogen) atoms. The Bertz CT molecular complexity index is 993. The van der Waals surface area contributed by atoms with E-state index in [4.69, 9.17) is 36.8 Å². The monoisotopic (exact) mass is 409 g/mol. The van der Waals surface area contributed by atoms with Gasteiger partial charge < -0.3 is 15.2 Å². The maximum atomic E-state index is 6.46. The van der Waals surface area contributed by atoms with Gasteiger partial charge in [0.1, 0.15) is 17.7 Å². The molecule has 3 aliphatic rings. The molecular weight excluding hydrogens is 386 g/mol. The van der Waals surface area contributed by atoms with Gasteiger partial charge >= 0.3 is 0 Å². The van der Waals surface area contributed by atoms with Crippen molar-refractivity contribution < 1.29 is 9.47 Å². The van der Waals surface area contributed by atoms with Gasteiger partial charge in [0.25, 0.3) is 0 Å². The SMILES string of the molecule is CC1=N[C@]2(C[C@H]([C@@H]3CCCOC3)Oc3ccc(-c4cccc(Cl)c4)cc32)N=C1N. The van der Waals surface area contributed by atoms with Crippen LogP contribution in [-0.2, 0) is 10.4 Å². The average molecular weight is 410 g/mol. The van der Waals surface area contributed by atoms with E-state index < -0.39 is 5.66 Å². The highest BCUT2D eigenvalue weighted by Gasteiger charge is 2.47. The van der Waals surface area contributed by atoms with Crippen LogP contribution in [0.2, 0.25) is 5.02 Å². The summed E-state index contributed by atoms with van der Waals surface area (Å²) in [5.74, 6) is 1.67. The van der Waals surface area contributed by atoms with Gasteiger partial charge in [-0.05, 0) is 55.2 Å². The van der Waals surface area contributed by atoms with E-state index in [2.05, 4.69) is 12.1 Å². The van der Waals surface area contributed by atoms with E-state index >= 15 is 0 Å². The first kappa shape index (κ1) is 18.6. The predicted octanol–water partition coefficient (Wildman–Crippen LogP) is 4.57. The minimum absolute atomic E-state index is 0.00557. The molecule has 0 amide bonds. The van der Waals surface area contributed by atoms with E-state index in [1.54, 1.807) is 0 Å². The molecule has 2 aromatic rings. The van der Waals surface area contributed by atoms with Gasteiger partial charge in [0.2, 0.25) is 0 Å². The van der Waals surface area contributed by atoms with Crippen molar-refractivity contribution in [1.82, 2.24) is 0 Å². The Morgan fingerprint density at radius 2 is 2.00 bits per heavy atom. The van der Waals surface area contributed by atoms with Crippen molar-refractivity contribution in [3.63, 3.8) is 0 Å². The zero-order chi connectivity index (χ0) is 20.0. The Hall–Kier alpha value is -2.37. The third kappa shape index (κ3) is 3.32. The number of fused-ring (bicyclic) bond motifs is 2. The molecule has 1 saturated heterocycles. The summed E-state index contributed by atoms with van der Waals surface area (Å²) in [6.07, 6.45) is 2.83. The second-order valence-electron chi connectivity index (χ2n) is 8.07. The molecule has 3 heterocycles. The van der Waals surface area contributed by atoms with Gasteiger partial charge in [0, 0.05) is 29.5 Å². The Balaban J connectivity index is 1.60. The summed E-state index contributed by atoms with van der Waals surface area (Å²) < 4.78 is 12.2. The number of nitrogens with zero attached hydrogens (tertiary/aromatic N) is 2. The molecule has 150 valence electrons. The highest BCUT2D eigenvalue weighted by molar-refractivity contribution is 6.41. The first-order valence-electron chi connectivity index (χ1n) is 10.1. The van der Waals surface area contributed by atoms with Crippen LogP contribution in [-0.4, -0.2) is 30.9 Å². The number of amidine groups is 1. The quantitative estimate of drug-likeness (QED) is 0.789. The molecule has 6 heteroatoms. The number of ether oxygens (including phenoxy) is 2. The van der Waals surface area contributed by atoms with Gasteiger partial charge in [-0.3, -0.25) is 4.99 Å². The summed E-state index contributed by atoms with van der Waals surface area (Å²) in [6, 6.07) is 14.1. The van der Waals surface area contributed by atoms with Crippen LogP contribution in [0.5, 0.6) is 5.75 Å². The Kier molecular flexibility index (Phi) is 4.60. The lowest BCUT2D eigenvalue weighted by Crippen LogP contribution is -2.42. The molecule has 1 spiro atoms. The summed E-state index contributed by atoms with van der Waals surface area (Å²) in [7, 11) is 0. The van der Waals surface area contributed by atoms with Crippen LogP contribution in [0.1, 0.15) is 31.7 Å². The minimum atomic E-state index is -0.724. The first-order valence-corrected chi connectivity index (χ1v) is 10.5. The summed E-state index contributed by atoms with van der Waals surface area (Å²) in [4.78, 5) is 9.78. The molecule has 0 aromatic heterocycles. The van der Waals surface area contributed by atoms with Crippen molar-refractivity contribution in [1.29, 1.82) is 0 Å². The van der Waals surface area contributed by atoms with Crippen molar-refractivity contribution in [3.8, 4) is 16.9 Å². The Morgan fingerprint density at radius 1 is 1.14 bits per heavy atom. The summed E-state index contributed by atoms with van der Waals surface area (Å²) in [6.45, 7) is 3.47. The van der Waals surface area contributed by atoms with Gasteiger partial charge in [-0.15, -0.1) is 0 Å². The number of rotatable bonds is 2. The average Bonchev–Trinajstić information content (AvgIpc) is 3.02. The topological polar surface area (TPSA) is 69.2 Å². The highest BCUT2D eigenvalue weighted by Crippen LogP contribution is 2.48. The molecule has 5 rings (SSSR count). The van der Waals surface area contributed by atoms with Crippen LogP contribution in [0, 0.1) is 5.92 Å². The minimum Gasteiger partial charge on any atom is -0.489 e. The maximum absolute atomic E-state index is 6.46. The van der Waals surface area contributed by atoms with Gasteiger partial charge in [-0.2, -0.15) is 0 Å². The van der Waals surface area contributed by atoms with Crippen molar-refractivity contribution >= 4 is 23.1 Å². The lowest BCUT2D eigenvalue weighted by Gasteiger charge is -2.40. The number of hydrogen-bond acceptors (Lipinski definition) is 5. The molecule has 2 N–H and O–H groups in total. The van der Waals surface area contributed by atoms with Crippen LogP contribution in [0.15, 0.2) is 52.4 Å². The van der Waals surface area contributed by atoms with E-state index in [1.165, 1.54) is 0 Å². The van der Waals surface area contributed by atoms with Crippen LogP contribution in [0.3, 0.4) is 0 Å². The smallest absolute Gasteiger partial charge is 0.185 e. The molecule has 5 nitrogen and oxygen atoms in total. The molecular formula is C23H24ClN3O2. The molecule has 0 unspecified atom stereocenters. The van der Waals surface area contributed by atoms with Crippen LogP contribution >= 0.6 is 11.6 Å². The predicted molar refractivity (Wildman–Crippen MR) is 116 cm³/mol. The van der Waals surface area contributed by atoms with Gasteiger partial charge in [-0.25, -0.2) is 4.99 Å². The number of nitrogens with two attached hydrogens (primary N) is 1. The standard InChI is InChI=1S/C23H24ClN3O2/c1-14-22(25)27-23(26-14)12-21(17-5-3-9-28-13-17)29-20-8-7-16(11-19(20)23)15-4-2-6-18(24)10-15/h2,4,6-8,10-11,17,21H,3,5,9,12-13H2,1H3,(H2,25,27)/t17-,21-,23-/m1/s1. The summed E-state index contributed by atoms with van der Waals surface area (Å²) >= 11 is 6.21. The molecule has 0 radical (unpaired) electrons. The van der Waals surface area contributed by atoms with Crippen LogP contribution in [0.25, 0.3) is 11.1 Å². The fourth-order valence-electron chi connectivity index (χ4n) is 4.56. The maximum Gasteiger partial charge on any atom is 0.185 e. The number of aliphatic imine (C=N–C) groups is 2. The van der Waals surface area contributed by atoms with Crippen molar-refractivity contribution in [2.45, 2.75) is 38.0 Å².